The zero-order valence-electron chi connectivity index (χ0n) is 28.4. The van der Waals surface area contributed by atoms with Gasteiger partial charge in [-0.15, -0.1) is 0 Å². The normalized spacial score (nSPS) is 14.9. The summed E-state index contributed by atoms with van der Waals surface area (Å²) in [4.78, 5) is 2.52. The third-order valence-electron chi connectivity index (χ3n) is 11.7. The molecule has 234 valence electrons. The number of aryl methyl sites for hydroxylation is 2. The molecule has 49 heavy (non-hydrogen) atoms. The fourth-order valence-electron chi connectivity index (χ4n) is 9.62. The van der Waals surface area contributed by atoms with Gasteiger partial charge >= 0.3 is 0 Å². The van der Waals surface area contributed by atoms with Crippen molar-refractivity contribution in [2.75, 3.05) is 4.90 Å². The van der Waals surface area contributed by atoms with Gasteiger partial charge in [0.1, 0.15) is 0 Å². The van der Waals surface area contributed by atoms with Crippen molar-refractivity contribution >= 4 is 17.1 Å². The highest BCUT2D eigenvalue weighted by molar-refractivity contribution is 5.96. The molecule has 7 aromatic rings. The van der Waals surface area contributed by atoms with Gasteiger partial charge in [-0.25, -0.2) is 0 Å². The maximum atomic E-state index is 2.52. The molecule has 0 amide bonds. The maximum absolute atomic E-state index is 2.52. The van der Waals surface area contributed by atoms with Gasteiger partial charge in [0.2, 0.25) is 0 Å². The second-order valence-electron chi connectivity index (χ2n) is 14.6. The van der Waals surface area contributed by atoms with Gasteiger partial charge in [-0.05, 0) is 116 Å². The minimum atomic E-state index is -0.386. The summed E-state index contributed by atoms with van der Waals surface area (Å²) < 4.78 is 0. The quantitative estimate of drug-likeness (QED) is 0.188. The average Bonchev–Trinajstić information content (AvgIpc) is 3.68. The Morgan fingerprint density at radius 2 is 0.755 bits per heavy atom. The van der Waals surface area contributed by atoms with Crippen molar-refractivity contribution in [3.8, 4) is 33.4 Å². The molecule has 0 atom stereocenters. The van der Waals surface area contributed by atoms with Crippen molar-refractivity contribution in [3.05, 3.63) is 196 Å². The van der Waals surface area contributed by atoms with Gasteiger partial charge in [0, 0.05) is 16.8 Å². The highest BCUT2D eigenvalue weighted by atomic mass is 15.1. The SMILES string of the molecule is Cc1cccc(C)c1N(c1ccc2c(c1)C(C)(C)c1ccccc1-2)c1ccc2c(c1)C1(c3ccccc3-c3ccccc31)c1ccccc1-2. The molecule has 0 bridgehead atoms. The molecular weight excluding hydrogens is 591 g/mol. The first-order chi connectivity index (χ1) is 23.9. The molecule has 0 saturated carbocycles. The molecule has 1 spiro atoms. The Morgan fingerprint density at radius 3 is 1.27 bits per heavy atom. The monoisotopic (exact) mass is 627 g/mol. The maximum Gasteiger partial charge on any atom is 0.0726 e. The van der Waals surface area contributed by atoms with Crippen molar-refractivity contribution in [2.45, 2.75) is 38.5 Å². The van der Waals surface area contributed by atoms with E-state index in [0.717, 1.165) is 0 Å². The van der Waals surface area contributed by atoms with Crippen LogP contribution in [0.25, 0.3) is 33.4 Å². The summed E-state index contributed by atoms with van der Waals surface area (Å²) in [6.07, 6.45) is 0. The largest absolute Gasteiger partial charge is 0.310 e. The summed E-state index contributed by atoms with van der Waals surface area (Å²) in [7, 11) is 0. The Morgan fingerprint density at radius 1 is 0.367 bits per heavy atom. The van der Waals surface area contributed by atoms with Crippen LogP contribution in [0.15, 0.2) is 152 Å². The van der Waals surface area contributed by atoms with Crippen molar-refractivity contribution in [1.82, 2.24) is 0 Å². The molecule has 3 aliphatic carbocycles. The topological polar surface area (TPSA) is 3.24 Å². The van der Waals surface area contributed by atoms with Gasteiger partial charge in [-0.3, -0.25) is 0 Å². The number of rotatable bonds is 3. The fourth-order valence-corrected chi connectivity index (χ4v) is 9.62. The minimum Gasteiger partial charge on any atom is -0.310 e. The third-order valence-corrected chi connectivity index (χ3v) is 11.7. The van der Waals surface area contributed by atoms with Crippen molar-refractivity contribution in [1.29, 1.82) is 0 Å². The van der Waals surface area contributed by atoms with Crippen molar-refractivity contribution < 1.29 is 0 Å². The molecule has 1 nitrogen and oxygen atoms in total. The van der Waals surface area contributed by atoms with Crippen LogP contribution >= 0.6 is 0 Å². The Balaban J connectivity index is 1.26. The number of para-hydroxylation sites is 1. The van der Waals surface area contributed by atoms with Crippen LogP contribution in [-0.2, 0) is 10.8 Å². The highest BCUT2D eigenvalue weighted by Gasteiger charge is 2.51. The van der Waals surface area contributed by atoms with Gasteiger partial charge < -0.3 is 4.90 Å². The molecule has 10 rings (SSSR count). The molecule has 0 unspecified atom stereocenters. The van der Waals surface area contributed by atoms with Gasteiger partial charge in [-0.1, -0.05) is 141 Å². The zero-order chi connectivity index (χ0) is 33.1. The second kappa shape index (κ2) is 9.94. The van der Waals surface area contributed by atoms with Crippen LogP contribution in [0.5, 0.6) is 0 Å². The van der Waals surface area contributed by atoms with Crippen LogP contribution in [0.3, 0.4) is 0 Å². The number of anilines is 3. The van der Waals surface area contributed by atoms with Gasteiger partial charge in [0.15, 0.2) is 0 Å². The lowest BCUT2D eigenvalue weighted by Crippen LogP contribution is -2.26. The number of nitrogens with zero attached hydrogens (tertiary/aromatic N) is 1. The van der Waals surface area contributed by atoms with E-state index >= 15 is 0 Å². The van der Waals surface area contributed by atoms with Crippen LogP contribution in [-0.4, -0.2) is 0 Å². The molecular formula is C48H37N. The highest BCUT2D eigenvalue weighted by Crippen LogP contribution is 2.63. The minimum absolute atomic E-state index is 0.0880. The van der Waals surface area contributed by atoms with E-state index < -0.39 is 0 Å². The summed E-state index contributed by atoms with van der Waals surface area (Å²) in [6, 6.07) is 57.2. The summed E-state index contributed by atoms with van der Waals surface area (Å²) >= 11 is 0. The molecule has 0 aromatic heterocycles. The molecule has 7 aromatic carbocycles. The van der Waals surface area contributed by atoms with E-state index in [1.54, 1.807) is 0 Å². The van der Waals surface area contributed by atoms with Crippen LogP contribution in [0, 0.1) is 13.8 Å². The predicted molar refractivity (Wildman–Crippen MR) is 204 cm³/mol. The molecule has 0 heterocycles. The van der Waals surface area contributed by atoms with Crippen LogP contribution in [0.2, 0.25) is 0 Å². The molecule has 0 saturated heterocycles. The Kier molecular flexibility index (Phi) is 5.75. The van der Waals surface area contributed by atoms with Crippen LogP contribution < -0.4 is 4.90 Å². The number of hydrogen-bond donors (Lipinski definition) is 0. The second-order valence-corrected chi connectivity index (χ2v) is 14.6. The van der Waals surface area contributed by atoms with E-state index in [0.29, 0.717) is 0 Å². The van der Waals surface area contributed by atoms with Crippen molar-refractivity contribution in [3.63, 3.8) is 0 Å². The van der Waals surface area contributed by atoms with Gasteiger partial charge in [0.25, 0.3) is 0 Å². The molecule has 0 aliphatic heterocycles. The summed E-state index contributed by atoms with van der Waals surface area (Å²) in [5, 5.41) is 0. The Bertz CT molecular complexity index is 2430. The van der Waals surface area contributed by atoms with Crippen molar-refractivity contribution in [2.24, 2.45) is 0 Å². The number of hydrogen-bond acceptors (Lipinski definition) is 1. The van der Waals surface area contributed by atoms with Gasteiger partial charge in [0.05, 0.1) is 11.1 Å². The lowest BCUT2D eigenvalue weighted by atomic mass is 9.70. The summed E-state index contributed by atoms with van der Waals surface area (Å²) in [5.41, 5.74) is 21.9. The molecule has 3 aliphatic rings. The summed E-state index contributed by atoms with van der Waals surface area (Å²) in [6.45, 7) is 9.24. The first-order valence-electron chi connectivity index (χ1n) is 17.5. The molecule has 0 fully saturated rings. The van der Waals surface area contributed by atoms with E-state index in [9.17, 15) is 0 Å². The molecule has 1 heteroatoms. The third kappa shape index (κ3) is 3.60. The van der Waals surface area contributed by atoms with Gasteiger partial charge in [-0.2, -0.15) is 0 Å². The lowest BCUT2D eigenvalue weighted by molar-refractivity contribution is 0.660. The Labute approximate surface area is 289 Å². The first kappa shape index (κ1) is 28.4. The lowest BCUT2D eigenvalue weighted by Gasteiger charge is -2.33. The number of benzene rings is 7. The smallest absolute Gasteiger partial charge is 0.0726 e. The average molecular weight is 628 g/mol. The Hall–Kier alpha value is -5.66. The zero-order valence-corrected chi connectivity index (χ0v) is 28.4. The van der Waals surface area contributed by atoms with E-state index in [1.807, 2.05) is 0 Å². The predicted octanol–water partition coefficient (Wildman–Crippen LogP) is 12.4. The summed E-state index contributed by atoms with van der Waals surface area (Å²) in [5.74, 6) is 0. The molecule has 0 radical (unpaired) electrons. The van der Waals surface area contributed by atoms with E-state index in [4.69, 9.17) is 0 Å². The first-order valence-corrected chi connectivity index (χ1v) is 17.5. The van der Waals surface area contributed by atoms with E-state index in [2.05, 4.69) is 184 Å². The van der Waals surface area contributed by atoms with E-state index in [-0.39, 0.29) is 10.8 Å². The standard InChI is InChI=1S/C48H37N/c1-30-14-13-15-31(2)46(30)49(32-24-26-38-34-16-5-9-20-40(34)47(3,4)44(38)28-32)33-25-27-39-37-19-8-12-23-43(37)48(45(39)29-33)41-21-10-6-17-35(41)36-18-7-11-22-42(36)48/h5-29H,1-4H3. The van der Waals surface area contributed by atoms with Crippen LogP contribution in [0.1, 0.15) is 58.4 Å². The fraction of sp³-hybridized carbons (Fsp3) is 0.125. The van der Waals surface area contributed by atoms with Crippen LogP contribution in [0.4, 0.5) is 17.1 Å². The number of fused-ring (bicyclic) bond motifs is 13. The molecule has 0 N–H and O–H groups in total. The van der Waals surface area contributed by atoms with E-state index in [1.165, 1.54) is 95.0 Å².